The van der Waals surface area contributed by atoms with Gasteiger partial charge in [-0.1, -0.05) is 0 Å². The quantitative estimate of drug-likeness (QED) is 0.209. The Kier molecular flexibility index (Phi) is 7.35. The summed E-state index contributed by atoms with van der Waals surface area (Å²) in [6.45, 7) is -0.458. The molecule has 1 unspecified atom stereocenters. The minimum Gasteiger partial charge on any atom is -0.480 e. The van der Waals surface area contributed by atoms with Crippen LogP contribution in [0.2, 0.25) is 0 Å². The normalized spacial score (nSPS) is 10.2. The van der Waals surface area contributed by atoms with Crippen LogP contribution in [0, 0.1) is 0 Å². The fourth-order valence-electron chi connectivity index (χ4n) is 0.328. The van der Waals surface area contributed by atoms with E-state index in [1.165, 1.54) is 0 Å². The van der Waals surface area contributed by atoms with Crippen molar-refractivity contribution in [3.05, 3.63) is 5.53 Å². The molecule has 0 aliphatic heterocycles. The highest BCUT2D eigenvalue weighted by molar-refractivity contribution is 6.20. The number of carboxylic acids is 1. The third-order valence-corrected chi connectivity index (χ3v) is 0.885. The van der Waals surface area contributed by atoms with Crippen molar-refractivity contribution in [2.24, 2.45) is 5.73 Å². The second-order valence-corrected chi connectivity index (χ2v) is 1.82. The van der Waals surface area contributed by atoms with E-state index in [9.17, 15) is 9.59 Å². The first-order chi connectivity index (χ1) is 5.57. The molecule has 0 aromatic heterocycles. The highest BCUT2D eigenvalue weighted by atomic mass is 16.5. The number of nitrogens with two attached hydrogens (primary N) is 1. The fraction of sp³-hybridized carbons (Fsp3) is 0.400. The van der Waals surface area contributed by atoms with Crippen molar-refractivity contribution >= 4 is 18.2 Å². The van der Waals surface area contributed by atoms with Crippen LogP contribution in [0.5, 0.6) is 0 Å². The molecule has 6 N–H and O–H groups in total. The number of aliphatic carboxylic acids is 1. The number of esters is 1. The lowest BCUT2D eigenvalue weighted by Crippen LogP contribution is -2.35. The Morgan fingerprint density at radius 1 is 1.69 bits per heavy atom. The van der Waals surface area contributed by atoms with Crippen molar-refractivity contribution < 1.29 is 24.2 Å². The highest BCUT2D eigenvalue weighted by Gasteiger charge is 2.14. The molecular weight excluding hydrogens is 180 g/mol. The predicted molar refractivity (Wildman–Crippen MR) is 41.3 cm³/mol. The third-order valence-electron chi connectivity index (χ3n) is 0.885. The lowest BCUT2D eigenvalue weighted by molar-refractivity contribution is -0.144. The summed E-state index contributed by atoms with van der Waals surface area (Å²) < 4.78 is 4.25. The van der Waals surface area contributed by atoms with E-state index in [0.29, 0.717) is 6.21 Å². The number of hydrogen-bond acceptors (Lipinski definition) is 5. The average Bonchev–Trinajstić information content (AvgIpc) is 2.00. The topological polar surface area (TPSA) is 161 Å². The van der Waals surface area contributed by atoms with Gasteiger partial charge in [-0.2, -0.15) is 4.79 Å². The largest absolute Gasteiger partial charge is 0.480 e. The SMILES string of the molecule is N.[N-]=[N+]=CC(=O)OCC(N)C(=O)O. The molecule has 0 bridgehead atoms. The van der Waals surface area contributed by atoms with E-state index in [-0.39, 0.29) is 6.15 Å². The number of rotatable bonds is 4. The maximum Gasteiger partial charge on any atom is 0.413 e. The molecule has 0 saturated carbocycles. The van der Waals surface area contributed by atoms with Gasteiger partial charge in [0.25, 0.3) is 0 Å². The molecule has 1 atom stereocenters. The summed E-state index contributed by atoms with van der Waals surface area (Å²) >= 11 is 0. The first kappa shape index (κ1) is 13.8. The van der Waals surface area contributed by atoms with Crippen LogP contribution in [-0.2, 0) is 14.3 Å². The third kappa shape index (κ3) is 6.63. The molecular formula is C5H10N4O4. The monoisotopic (exact) mass is 190 g/mol. The summed E-state index contributed by atoms with van der Waals surface area (Å²) in [5, 5.41) is 8.23. The van der Waals surface area contributed by atoms with Gasteiger partial charge in [0.05, 0.1) is 0 Å². The maximum atomic E-state index is 10.4. The van der Waals surface area contributed by atoms with Crippen molar-refractivity contribution in [1.29, 1.82) is 0 Å². The summed E-state index contributed by atoms with van der Waals surface area (Å²) in [7, 11) is 0. The van der Waals surface area contributed by atoms with Gasteiger partial charge in [-0.15, -0.1) is 0 Å². The minimum atomic E-state index is -1.27. The van der Waals surface area contributed by atoms with Crippen LogP contribution < -0.4 is 11.9 Å². The van der Waals surface area contributed by atoms with E-state index in [4.69, 9.17) is 16.4 Å². The Hall–Kier alpha value is -1.76. The molecule has 0 heterocycles. The van der Waals surface area contributed by atoms with Gasteiger partial charge in [-0.05, 0) is 0 Å². The van der Waals surface area contributed by atoms with Crippen molar-refractivity contribution in [3.63, 3.8) is 0 Å². The lowest BCUT2D eigenvalue weighted by Gasteiger charge is -2.03. The molecule has 8 heteroatoms. The number of nitrogens with zero attached hydrogens (tertiary/aromatic N) is 2. The van der Waals surface area contributed by atoms with Gasteiger partial charge in [-0.25, -0.2) is 4.79 Å². The molecule has 0 aromatic rings. The highest BCUT2D eigenvalue weighted by Crippen LogP contribution is 1.81. The number of hydrogen-bond donors (Lipinski definition) is 3. The Bertz CT molecular complexity index is 235. The van der Waals surface area contributed by atoms with Crippen LogP contribution in [0.15, 0.2) is 0 Å². The molecule has 0 aliphatic rings. The van der Waals surface area contributed by atoms with E-state index >= 15 is 0 Å². The van der Waals surface area contributed by atoms with Crippen LogP contribution in [0.1, 0.15) is 0 Å². The van der Waals surface area contributed by atoms with Gasteiger partial charge in [0, 0.05) is 0 Å². The number of carboxylic acid groups (broad SMARTS) is 1. The standard InChI is InChI=1S/C5H7N3O4.H3N/c6-3(5(10)11)2-12-4(9)1-8-7;/h1,3H,2,6H2,(H,10,11);1H3. The Balaban J connectivity index is 0. The molecule has 0 rings (SSSR count). The molecule has 0 aromatic carbocycles. The summed E-state index contributed by atoms with van der Waals surface area (Å²) in [6.07, 6.45) is 0.495. The number of carbonyl (C=O) groups is 2. The maximum absolute atomic E-state index is 10.4. The lowest BCUT2D eigenvalue weighted by atomic mass is 10.3. The second-order valence-electron chi connectivity index (χ2n) is 1.82. The van der Waals surface area contributed by atoms with Crippen LogP contribution in [0.25, 0.3) is 5.53 Å². The molecule has 13 heavy (non-hydrogen) atoms. The van der Waals surface area contributed by atoms with E-state index in [2.05, 4.69) is 9.53 Å². The summed E-state index contributed by atoms with van der Waals surface area (Å²) in [5.41, 5.74) is 12.8. The van der Waals surface area contributed by atoms with Gasteiger partial charge >= 0.3 is 18.2 Å². The number of ether oxygens (including phenoxy) is 1. The summed E-state index contributed by atoms with van der Waals surface area (Å²) in [5.74, 6) is -2.22. The smallest absolute Gasteiger partial charge is 0.413 e. The van der Waals surface area contributed by atoms with Gasteiger partial charge in [0.1, 0.15) is 12.6 Å². The van der Waals surface area contributed by atoms with E-state index in [1.807, 2.05) is 0 Å². The number of carbonyl (C=O) groups excluding carboxylic acids is 1. The molecule has 0 spiro atoms. The van der Waals surface area contributed by atoms with Crippen molar-refractivity contribution in [3.8, 4) is 0 Å². The Morgan fingerprint density at radius 3 is 2.62 bits per heavy atom. The second kappa shape index (κ2) is 6.92. The predicted octanol–water partition coefficient (Wildman–Crippen LogP) is -1.60. The van der Waals surface area contributed by atoms with Gasteiger partial charge < -0.3 is 27.3 Å². The van der Waals surface area contributed by atoms with Crippen molar-refractivity contribution in [2.45, 2.75) is 6.04 Å². The zero-order valence-corrected chi connectivity index (χ0v) is 6.71. The van der Waals surface area contributed by atoms with Gasteiger partial charge in [-0.3, -0.25) is 4.79 Å². The first-order valence-corrected chi connectivity index (χ1v) is 2.90. The van der Waals surface area contributed by atoms with Gasteiger partial charge in [0.2, 0.25) is 0 Å². The Labute approximate surface area is 73.5 Å². The first-order valence-electron chi connectivity index (χ1n) is 2.90. The van der Waals surface area contributed by atoms with E-state index < -0.39 is 24.6 Å². The van der Waals surface area contributed by atoms with Gasteiger partial charge in [0.15, 0.2) is 0 Å². The van der Waals surface area contributed by atoms with Crippen LogP contribution in [-0.4, -0.2) is 40.7 Å². The van der Waals surface area contributed by atoms with Crippen molar-refractivity contribution in [2.75, 3.05) is 6.61 Å². The van der Waals surface area contributed by atoms with E-state index in [1.54, 1.807) is 0 Å². The summed E-state index contributed by atoms with van der Waals surface area (Å²) in [6, 6.07) is -1.26. The van der Waals surface area contributed by atoms with Crippen LogP contribution in [0.3, 0.4) is 0 Å². The Morgan fingerprint density at radius 2 is 2.23 bits per heavy atom. The zero-order valence-electron chi connectivity index (χ0n) is 6.71. The minimum absolute atomic E-state index is 0. The molecule has 0 aliphatic carbocycles. The molecule has 0 radical (unpaired) electrons. The van der Waals surface area contributed by atoms with Crippen molar-refractivity contribution in [1.82, 2.24) is 6.15 Å². The van der Waals surface area contributed by atoms with Crippen LogP contribution >= 0.6 is 0 Å². The summed E-state index contributed by atoms with van der Waals surface area (Å²) in [4.78, 5) is 22.8. The molecule has 0 saturated heterocycles. The average molecular weight is 190 g/mol. The van der Waals surface area contributed by atoms with Crippen LogP contribution in [0.4, 0.5) is 0 Å². The molecule has 8 nitrogen and oxygen atoms in total. The van der Waals surface area contributed by atoms with E-state index in [0.717, 1.165) is 0 Å². The zero-order chi connectivity index (χ0) is 9.56. The fourth-order valence-corrected chi connectivity index (χ4v) is 0.328. The molecule has 0 amide bonds. The molecule has 0 fully saturated rings. The molecule has 74 valence electrons.